The lowest BCUT2D eigenvalue weighted by Gasteiger charge is -2.08. The van der Waals surface area contributed by atoms with Crippen LogP contribution in [0.4, 0.5) is 19.0 Å². The second-order valence-corrected chi connectivity index (χ2v) is 3.91. The van der Waals surface area contributed by atoms with Crippen molar-refractivity contribution in [1.82, 2.24) is 4.98 Å². The molecular formula is C10H10ClF3N2O2. The summed E-state index contributed by atoms with van der Waals surface area (Å²) in [5, 5.41) is 11.4. The molecule has 2 N–H and O–H groups in total. The fourth-order valence-corrected chi connectivity index (χ4v) is 1.39. The Morgan fingerprint density at radius 1 is 1.50 bits per heavy atom. The highest BCUT2D eigenvalue weighted by molar-refractivity contribution is 6.33. The van der Waals surface area contributed by atoms with Crippen LogP contribution >= 0.6 is 11.6 Å². The van der Waals surface area contributed by atoms with Crippen LogP contribution in [0.3, 0.4) is 0 Å². The molecular weight excluding hydrogens is 273 g/mol. The summed E-state index contributed by atoms with van der Waals surface area (Å²) in [5.41, 5.74) is -0.148. The number of nitrogens with one attached hydrogen (secondary N) is 1. The van der Waals surface area contributed by atoms with Crippen molar-refractivity contribution < 1.29 is 23.1 Å². The third kappa shape index (κ3) is 4.79. The Hall–Kier alpha value is -1.50. The van der Waals surface area contributed by atoms with E-state index in [4.69, 9.17) is 16.7 Å². The van der Waals surface area contributed by atoms with Gasteiger partial charge in [-0.05, 0) is 12.5 Å². The Labute approximate surface area is 106 Å². The second kappa shape index (κ2) is 5.90. The molecule has 0 fully saturated rings. The number of halogens is 4. The van der Waals surface area contributed by atoms with Gasteiger partial charge in [0.1, 0.15) is 5.82 Å². The largest absolute Gasteiger partial charge is 0.478 e. The van der Waals surface area contributed by atoms with Gasteiger partial charge in [0.15, 0.2) is 0 Å². The molecule has 18 heavy (non-hydrogen) atoms. The zero-order valence-electron chi connectivity index (χ0n) is 9.09. The van der Waals surface area contributed by atoms with Crippen LogP contribution in [0.25, 0.3) is 0 Å². The Kier molecular flexibility index (Phi) is 4.77. The number of carboxylic acids is 1. The molecule has 0 aromatic carbocycles. The van der Waals surface area contributed by atoms with E-state index in [9.17, 15) is 18.0 Å². The number of anilines is 1. The van der Waals surface area contributed by atoms with Gasteiger partial charge in [0.2, 0.25) is 0 Å². The first-order valence-electron chi connectivity index (χ1n) is 4.99. The van der Waals surface area contributed by atoms with Crippen molar-refractivity contribution in [3.05, 3.63) is 22.8 Å². The molecule has 0 spiro atoms. The number of carboxylic acid groups (broad SMARTS) is 1. The number of carbonyl (C=O) groups is 1. The Morgan fingerprint density at radius 3 is 2.72 bits per heavy atom. The third-order valence-corrected chi connectivity index (χ3v) is 2.33. The lowest BCUT2D eigenvalue weighted by atomic mass is 10.2. The van der Waals surface area contributed by atoms with Crippen molar-refractivity contribution in [1.29, 1.82) is 0 Å². The summed E-state index contributed by atoms with van der Waals surface area (Å²) in [7, 11) is 0. The smallest absolute Gasteiger partial charge is 0.389 e. The van der Waals surface area contributed by atoms with Crippen LogP contribution in [-0.2, 0) is 0 Å². The Bertz CT molecular complexity index is 438. The maximum atomic E-state index is 11.9. The predicted molar refractivity (Wildman–Crippen MR) is 60.0 cm³/mol. The van der Waals surface area contributed by atoms with Gasteiger partial charge in [0.05, 0.1) is 10.6 Å². The van der Waals surface area contributed by atoms with Gasteiger partial charge in [0.25, 0.3) is 0 Å². The van der Waals surface area contributed by atoms with Gasteiger partial charge in [-0.2, -0.15) is 13.2 Å². The highest BCUT2D eigenvalue weighted by atomic mass is 35.5. The minimum absolute atomic E-state index is 0.0247. The monoisotopic (exact) mass is 282 g/mol. The van der Waals surface area contributed by atoms with Crippen molar-refractivity contribution >= 4 is 23.4 Å². The Balaban J connectivity index is 2.53. The topological polar surface area (TPSA) is 62.2 Å². The van der Waals surface area contributed by atoms with Crippen molar-refractivity contribution in [2.45, 2.75) is 19.0 Å². The molecule has 4 nitrogen and oxygen atoms in total. The SMILES string of the molecule is O=C(O)c1cc(NCCCC(F)(F)F)ncc1Cl. The lowest BCUT2D eigenvalue weighted by Crippen LogP contribution is -2.11. The van der Waals surface area contributed by atoms with E-state index in [1.807, 2.05) is 0 Å². The van der Waals surface area contributed by atoms with E-state index >= 15 is 0 Å². The highest BCUT2D eigenvalue weighted by Gasteiger charge is 2.25. The molecule has 1 aromatic rings. The summed E-state index contributed by atoms with van der Waals surface area (Å²) in [4.78, 5) is 14.5. The number of hydrogen-bond donors (Lipinski definition) is 2. The van der Waals surface area contributed by atoms with Gasteiger partial charge < -0.3 is 10.4 Å². The summed E-state index contributed by atoms with van der Waals surface area (Å²) < 4.78 is 35.6. The molecule has 0 saturated heterocycles. The quantitative estimate of drug-likeness (QED) is 0.814. The van der Waals surface area contributed by atoms with Gasteiger partial charge in [-0.3, -0.25) is 0 Å². The molecule has 100 valence electrons. The zero-order valence-corrected chi connectivity index (χ0v) is 9.85. The first-order valence-corrected chi connectivity index (χ1v) is 5.37. The van der Waals surface area contributed by atoms with Gasteiger partial charge in [-0.1, -0.05) is 11.6 Å². The van der Waals surface area contributed by atoms with Crippen LogP contribution in [-0.4, -0.2) is 28.8 Å². The molecule has 0 unspecified atom stereocenters. The van der Waals surface area contributed by atoms with E-state index in [1.165, 1.54) is 6.07 Å². The van der Waals surface area contributed by atoms with Crippen LogP contribution in [0.5, 0.6) is 0 Å². The second-order valence-electron chi connectivity index (χ2n) is 3.50. The van der Waals surface area contributed by atoms with Gasteiger partial charge in [-0.25, -0.2) is 9.78 Å². The first kappa shape index (κ1) is 14.6. The molecule has 0 aliphatic carbocycles. The maximum Gasteiger partial charge on any atom is 0.389 e. The van der Waals surface area contributed by atoms with Crippen molar-refractivity contribution in [3.8, 4) is 0 Å². The number of aromatic carboxylic acids is 1. The first-order chi connectivity index (χ1) is 8.29. The molecule has 0 atom stereocenters. The van der Waals surface area contributed by atoms with Crippen LogP contribution < -0.4 is 5.32 Å². The lowest BCUT2D eigenvalue weighted by molar-refractivity contribution is -0.134. The molecule has 0 bridgehead atoms. The maximum absolute atomic E-state index is 11.9. The van der Waals surface area contributed by atoms with Crippen LogP contribution in [0.15, 0.2) is 12.3 Å². The third-order valence-electron chi connectivity index (χ3n) is 2.03. The molecule has 0 saturated carbocycles. The fraction of sp³-hybridized carbons (Fsp3) is 0.400. The predicted octanol–water partition coefficient (Wildman–Crippen LogP) is 3.19. The number of alkyl halides is 3. The van der Waals surface area contributed by atoms with Crippen molar-refractivity contribution in [3.63, 3.8) is 0 Å². The summed E-state index contributed by atoms with van der Waals surface area (Å²) in [6.07, 6.45) is -4.08. The average molecular weight is 283 g/mol. The average Bonchev–Trinajstić information content (AvgIpc) is 2.24. The number of pyridine rings is 1. The minimum Gasteiger partial charge on any atom is -0.478 e. The van der Waals surface area contributed by atoms with E-state index in [0.717, 1.165) is 6.20 Å². The Morgan fingerprint density at radius 2 is 2.17 bits per heavy atom. The van der Waals surface area contributed by atoms with E-state index < -0.39 is 18.6 Å². The standard InChI is InChI=1S/C10H10ClF3N2O2/c11-7-5-16-8(4-6(7)9(17)18)15-3-1-2-10(12,13)14/h4-5H,1-3H2,(H,15,16)(H,17,18). The molecule has 1 rings (SSSR count). The number of rotatable bonds is 5. The van der Waals surface area contributed by atoms with E-state index in [0.29, 0.717) is 0 Å². The summed E-state index contributed by atoms with van der Waals surface area (Å²) in [6.45, 7) is 0.0488. The number of hydrogen-bond acceptors (Lipinski definition) is 3. The molecule has 0 aliphatic rings. The number of aromatic nitrogens is 1. The van der Waals surface area contributed by atoms with E-state index in [1.54, 1.807) is 0 Å². The molecule has 0 amide bonds. The van der Waals surface area contributed by atoms with Crippen molar-refractivity contribution in [2.24, 2.45) is 0 Å². The fourth-order valence-electron chi connectivity index (χ4n) is 1.20. The van der Waals surface area contributed by atoms with Gasteiger partial charge in [-0.15, -0.1) is 0 Å². The van der Waals surface area contributed by atoms with E-state index in [2.05, 4.69) is 10.3 Å². The number of nitrogens with zero attached hydrogens (tertiary/aromatic N) is 1. The van der Waals surface area contributed by atoms with Crippen LogP contribution in [0.2, 0.25) is 5.02 Å². The summed E-state index contributed by atoms with van der Waals surface area (Å²) in [6, 6.07) is 1.18. The van der Waals surface area contributed by atoms with Crippen LogP contribution in [0, 0.1) is 0 Å². The summed E-state index contributed by atoms with van der Waals surface area (Å²) in [5.74, 6) is -1.04. The van der Waals surface area contributed by atoms with Gasteiger partial charge in [0, 0.05) is 19.2 Å². The molecule has 0 radical (unpaired) electrons. The molecule has 1 aromatic heterocycles. The minimum atomic E-state index is -4.19. The molecule has 1 heterocycles. The normalized spacial score (nSPS) is 11.3. The summed E-state index contributed by atoms with van der Waals surface area (Å²) >= 11 is 5.59. The van der Waals surface area contributed by atoms with Crippen LogP contribution in [0.1, 0.15) is 23.2 Å². The molecule has 8 heteroatoms. The van der Waals surface area contributed by atoms with E-state index in [-0.39, 0.29) is 29.4 Å². The van der Waals surface area contributed by atoms with Crippen molar-refractivity contribution in [2.75, 3.05) is 11.9 Å². The highest BCUT2D eigenvalue weighted by Crippen LogP contribution is 2.21. The molecule has 0 aliphatic heterocycles. The zero-order chi connectivity index (χ0) is 13.8. The van der Waals surface area contributed by atoms with Gasteiger partial charge >= 0.3 is 12.1 Å².